The normalized spacial score (nSPS) is 21.5. The van der Waals surface area contributed by atoms with Crippen LogP contribution in [0.4, 0.5) is 23.7 Å². The first kappa shape index (κ1) is 21.4. The number of rotatable bonds is 5. The Hall–Kier alpha value is -1.81. The number of likely N-dealkylation sites (tertiary alicyclic amines) is 1. The lowest BCUT2D eigenvalue weighted by Crippen LogP contribution is -2.39. The molecule has 4 rings (SSSR count). The number of amides is 2. The lowest BCUT2D eigenvalue weighted by atomic mass is 9.99. The minimum atomic E-state index is -4.30. The number of aryl methyl sites for hydroxylation is 2. The molecule has 0 radical (unpaired) electrons. The maximum atomic E-state index is 12.5. The molecule has 1 saturated heterocycles. The van der Waals surface area contributed by atoms with Gasteiger partial charge in [-0.3, -0.25) is 4.90 Å². The number of hydrogen-bond acceptors (Lipinski definition) is 4. The lowest BCUT2D eigenvalue weighted by molar-refractivity contribution is -0.143. The number of fused-ring (bicyclic) bond motifs is 2. The molecular formula is C20H26F3N3O3S. The number of carbonyl (C=O) groups excluding carboxylic acids is 1. The van der Waals surface area contributed by atoms with Gasteiger partial charge < -0.3 is 5.32 Å². The summed E-state index contributed by atoms with van der Waals surface area (Å²) in [6, 6.07) is 1.42. The van der Waals surface area contributed by atoms with E-state index < -0.39 is 34.7 Å². The Labute approximate surface area is 174 Å². The summed E-state index contributed by atoms with van der Waals surface area (Å²) >= 11 is 0. The van der Waals surface area contributed by atoms with Crippen molar-refractivity contribution in [3.05, 3.63) is 28.3 Å². The number of carbonyl (C=O) groups is 1. The van der Waals surface area contributed by atoms with Gasteiger partial charge in [-0.2, -0.15) is 13.2 Å². The van der Waals surface area contributed by atoms with E-state index in [0.29, 0.717) is 6.42 Å². The summed E-state index contributed by atoms with van der Waals surface area (Å²) in [6.07, 6.45) is 1.75. The van der Waals surface area contributed by atoms with E-state index in [4.69, 9.17) is 0 Å². The molecule has 0 spiro atoms. The Morgan fingerprint density at radius 1 is 1.10 bits per heavy atom. The predicted molar refractivity (Wildman–Crippen MR) is 107 cm³/mol. The SMILES string of the molecule is O=C(Nc1c2c(cc3c1CCC3)CCC2)NS(=O)(=O)CC1CCN(CC(F)(F)F)C1. The van der Waals surface area contributed by atoms with Gasteiger partial charge in [0.1, 0.15) is 0 Å². The van der Waals surface area contributed by atoms with Crippen LogP contribution in [0.15, 0.2) is 6.07 Å². The largest absolute Gasteiger partial charge is 0.401 e. The van der Waals surface area contributed by atoms with Crippen molar-refractivity contribution < 1.29 is 26.4 Å². The average molecular weight is 446 g/mol. The molecule has 1 aromatic rings. The molecule has 1 heterocycles. The van der Waals surface area contributed by atoms with Crippen LogP contribution in [-0.4, -0.2) is 50.9 Å². The highest BCUT2D eigenvalue weighted by molar-refractivity contribution is 7.90. The van der Waals surface area contributed by atoms with Crippen LogP contribution >= 0.6 is 0 Å². The van der Waals surface area contributed by atoms with Gasteiger partial charge in [-0.15, -0.1) is 0 Å². The van der Waals surface area contributed by atoms with E-state index in [2.05, 4.69) is 16.1 Å². The van der Waals surface area contributed by atoms with Gasteiger partial charge in [0.15, 0.2) is 0 Å². The zero-order valence-electron chi connectivity index (χ0n) is 16.6. The van der Waals surface area contributed by atoms with Crippen LogP contribution in [-0.2, 0) is 35.7 Å². The van der Waals surface area contributed by atoms with E-state index in [0.717, 1.165) is 55.3 Å². The van der Waals surface area contributed by atoms with Crippen LogP contribution in [0, 0.1) is 5.92 Å². The fraction of sp³-hybridized carbons (Fsp3) is 0.650. The van der Waals surface area contributed by atoms with Gasteiger partial charge in [0.05, 0.1) is 12.3 Å². The second kappa shape index (κ2) is 8.03. The van der Waals surface area contributed by atoms with Crippen molar-refractivity contribution in [2.24, 2.45) is 5.92 Å². The topological polar surface area (TPSA) is 78.5 Å². The first-order valence-corrected chi connectivity index (χ1v) is 12.0. The Morgan fingerprint density at radius 2 is 1.73 bits per heavy atom. The average Bonchev–Trinajstić information content (AvgIpc) is 3.33. The molecule has 1 fully saturated rings. The standard InChI is InChI=1S/C20H26F3N3O3S/c21-20(22,23)12-26-8-7-13(10-26)11-30(28,29)25-19(27)24-18-16-5-1-3-14(16)9-15-4-2-6-17(15)18/h9,13H,1-8,10-12H2,(H2,24,25,27). The van der Waals surface area contributed by atoms with Crippen LogP contribution in [0.25, 0.3) is 0 Å². The van der Waals surface area contributed by atoms with Crippen molar-refractivity contribution in [3.8, 4) is 0 Å². The number of sulfonamides is 1. The van der Waals surface area contributed by atoms with Gasteiger partial charge in [-0.1, -0.05) is 6.07 Å². The van der Waals surface area contributed by atoms with E-state index in [1.54, 1.807) is 0 Å². The van der Waals surface area contributed by atoms with Crippen LogP contribution in [0.2, 0.25) is 0 Å². The zero-order valence-corrected chi connectivity index (χ0v) is 17.5. The Morgan fingerprint density at radius 3 is 2.33 bits per heavy atom. The number of nitrogens with one attached hydrogen (secondary N) is 2. The zero-order chi connectivity index (χ0) is 21.5. The Bertz CT molecular complexity index is 915. The summed E-state index contributed by atoms with van der Waals surface area (Å²) in [5.74, 6) is -0.789. The highest BCUT2D eigenvalue weighted by atomic mass is 32.2. The van der Waals surface area contributed by atoms with Crippen molar-refractivity contribution in [1.29, 1.82) is 0 Å². The van der Waals surface area contributed by atoms with Crippen molar-refractivity contribution >= 4 is 21.7 Å². The molecule has 2 N–H and O–H groups in total. The quantitative estimate of drug-likeness (QED) is 0.731. The lowest BCUT2D eigenvalue weighted by Gasteiger charge is -2.18. The van der Waals surface area contributed by atoms with E-state index in [9.17, 15) is 26.4 Å². The molecule has 2 aliphatic carbocycles. The molecular weight excluding hydrogens is 419 g/mol. The molecule has 1 aliphatic heterocycles. The number of alkyl halides is 3. The smallest absolute Gasteiger partial charge is 0.307 e. The van der Waals surface area contributed by atoms with Crippen LogP contribution in [0.5, 0.6) is 0 Å². The van der Waals surface area contributed by atoms with Gasteiger partial charge in [-0.25, -0.2) is 17.9 Å². The van der Waals surface area contributed by atoms with Gasteiger partial charge in [0.25, 0.3) is 0 Å². The molecule has 1 atom stereocenters. The number of nitrogens with zero attached hydrogens (tertiary/aromatic N) is 1. The Kier molecular flexibility index (Phi) is 5.73. The summed E-state index contributed by atoms with van der Waals surface area (Å²) in [5.41, 5.74) is 5.40. The number of benzene rings is 1. The molecule has 30 heavy (non-hydrogen) atoms. The van der Waals surface area contributed by atoms with Gasteiger partial charge in [0.2, 0.25) is 10.0 Å². The second-order valence-electron chi connectivity index (χ2n) is 8.58. The molecule has 1 unspecified atom stereocenters. The molecule has 0 bridgehead atoms. The van der Waals surface area contributed by atoms with Gasteiger partial charge in [0, 0.05) is 12.2 Å². The van der Waals surface area contributed by atoms with Crippen molar-refractivity contribution in [3.63, 3.8) is 0 Å². The number of hydrogen-bond donors (Lipinski definition) is 2. The van der Waals surface area contributed by atoms with Crippen molar-refractivity contribution in [2.75, 3.05) is 30.7 Å². The summed E-state index contributed by atoms with van der Waals surface area (Å²) < 4.78 is 64.5. The van der Waals surface area contributed by atoms with E-state index in [1.165, 1.54) is 16.0 Å². The fourth-order valence-corrected chi connectivity index (χ4v) is 6.35. The first-order valence-electron chi connectivity index (χ1n) is 10.4. The van der Waals surface area contributed by atoms with Gasteiger partial charge in [-0.05, 0) is 79.7 Å². The molecule has 6 nitrogen and oxygen atoms in total. The van der Waals surface area contributed by atoms with Crippen molar-refractivity contribution in [2.45, 2.75) is 51.1 Å². The Balaban J connectivity index is 1.38. The predicted octanol–water partition coefficient (Wildman–Crippen LogP) is 3.00. The molecule has 0 aromatic heterocycles. The summed E-state index contributed by atoms with van der Waals surface area (Å²) in [7, 11) is -3.95. The maximum absolute atomic E-state index is 12.5. The maximum Gasteiger partial charge on any atom is 0.401 e. The molecule has 166 valence electrons. The highest BCUT2D eigenvalue weighted by Gasteiger charge is 2.36. The second-order valence-corrected chi connectivity index (χ2v) is 10.3. The van der Waals surface area contributed by atoms with Gasteiger partial charge >= 0.3 is 12.2 Å². The third-order valence-electron chi connectivity index (χ3n) is 6.19. The molecule has 1 aromatic carbocycles. The highest BCUT2D eigenvalue weighted by Crippen LogP contribution is 2.38. The van der Waals surface area contributed by atoms with E-state index in [1.807, 2.05) is 0 Å². The summed E-state index contributed by atoms with van der Waals surface area (Å²) in [6.45, 7) is -0.780. The monoisotopic (exact) mass is 445 g/mol. The third-order valence-corrected chi connectivity index (χ3v) is 7.59. The van der Waals surface area contributed by atoms with E-state index >= 15 is 0 Å². The van der Waals surface area contributed by atoms with Crippen LogP contribution < -0.4 is 10.0 Å². The van der Waals surface area contributed by atoms with Crippen LogP contribution in [0.3, 0.4) is 0 Å². The first-order chi connectivity index (χ1) is 14.1. The molecule has 3 aliphatic rings. The molecule has 0 saturated carbocycles. The number of urea groups is 1. The summed E-state index contributed by atoms with van der Waals surface area (Å²) in [4.78, 5) is 13.7. The fourth-order valence-electron chi connectivity index (χ4n) is 5.05. The third kappa shape index (κ3) is 4.91. The van der Waals surface area contributed by atoms with Crippen LogP contribution in [0.1, 0.15) is 41.5 Å². The molecule has 2 amide bonds. The molecule has 10 heteroatoms. The summed E-state index contributed by atoms with van der Waals surface area (Å²) in [5, 5.41) is 2.78. The number of anilines is 1. The minimum Gasteiger partial charge on any atom is -0.307 e. The van der Waals surface area contributed by atoms with E-state index in [-0.39, 0.29) is 18.8 Å². The van der Waals surface area contributed by atoms with Crippen molar-refractivity contribution in [1.82, 2.24) is 9.62 Å². The minimum absolute atomic E-state index is 0.0573. The number of halogens is 3.